The summed E-state index contributed by atoms with van der Waals surface area (Å²) in [5, 5.41) is 0. The van der Waals surface area contributed by atoms with E-state index >= 15 is 0 Å². The molecule has 4 rings (SSSR count). The molecule has 2 aliphatic rings. The number of benzene rings is 1. The molecule has 1 aliphatic heterocycles. The Morgan fingerprint density at radius 1 is 1.30 bits per heavy atom. The Labute approximate surface area is 195 Å². The first-order valence-corrected chi connectivity index (χ1v) is 11.5. The Balaban J connectivity index is 1.52. The van der Waals surface area contributed by atoms with Crippen LogP contribution in [0.5, 0.6) is 5.88 Å². The fraction of sp³-hybridized carbons (Fsp3) is 0.462. The molecule has 0 amide bonds. The second-order valence-electron chi connectivity index (χ2n) is 9.59. The van der Waals surface area contributed by atoms with Gasteiger partial charge in [-0.3, -0.25) is 4.79 Å². The fourth-order valence-electron chi connectivity index (χ4n) is 5.12. The van der Waals surface area contributed by atoms with Crippen molar-refractivity contribution in [1.29, 1.82) is 0 Å². The smallest absolute Gasteiger partial charge is 0.311 e. The van der Waals surface area contributed by atoms with Crippen molar-refractivity contribution in [3.8, 4) is 5.88 Å². The fourth-order valence-corrected chi connectivity index (χ4v) is 5.12. The SMILES string of the molecule is C=CCC1CCC(CCc2ccc(C3=Nc4c(N)ncnc4OC3(C)C)cc2)(C(=O)OC)C1. The lowest BCUT2D eigenvalue weighted by Gasteiger charge is -2.32. The minimum absolute atomic E-state index is 0.0837. The van der Waals surface area contributed by atoms with Crippen LogP contribution in [0.3, 0.4) is 0 Å². The van der Waals surface area contributed by atoms with Crippen molar-refractivity contribution in [2.24, 2.45) is 16.3 Å². The number of carbonyl (C=O) groups is 1. The molecular weight excluding hydrogens is 416 g/mol. The van der Waals surface area contributed by atoms with Gasteiger partial charge in [-0.2, -0.15) is 4.98 Å². The molecule has 0 spiro atoms. The molecule has 33 heavy (non-hydrogen) atoms. The van der Waals surface area contributed by atoms with E-state index in [1.54, 1.807) is 0 Å². The third-order valence-electron chi connectivity index (χ3n) is 6.91. The second kappa shape index (κ2) is 8.96. The van der Waals surface area contributed by atoms with Gasteiger partial charge in [-0.15, -0.1) is 6.58 Å². The highest BCUT2D eigenvalue weighted by molar-refractivity contribution is 6.09. The van der Waals surface area contributed by atoms with Crippen LogP contribution in [0.4, 0.5) is 11.5 Å². The highest BCUT2D eigenvalue weighted by Gasteiger charge is 2.45. The van der Waals surface area contributed by atoms with Gasteiger partial charge in [0.05, 0.1) is 18.2 Å². The third kappa shape index (κ3) is 4.49. The Hall–Kier alpha value is -3.22. The molecule has 1 saturated carbocycles. The summed E-state index contributed by atoms with van der Waals surface area (Å²) in [6.07, 6.45) is 8.67. The van der Waals surface area contributed by atoms with Gasteiger partial charge in [0.25, 0.3) is 0 Å². The van der Waals surface area contributed by atoms with E-state index in [0.717, 1.165) is 49.8 Å². The van der Waals surface area contributed by atoms with Gasteiger partial charge in [0, 0.05) is 5.56 Å². The van der Waals surface area contributed by atoms with Crippen molar-refractivity contribution in [3.05, 3.63) is 54.4 Å². The summed E-state index contributed by atoms with van der Waals surface area (Å²) in [6.45, 7) is 7.77. The van der Waals surface area contributed by atoms with Gasteiger partial charge in [0.15, 0.2) is 11.5 Å². The van der Waals surface area contributed by atoms with E-state index in [4.69, 9.17) is 20.2 Å². The van der Waals surface area contributed by atoms with Crippen molar-refractivity contribution >= 4 is 23.2 Å². The maximum absolute atomic E-state index is 12.7. The number of hydrogen-bond donors (Lipinski definition) is 1. The van der Waals surface area contributed by atoms with Gasteiger partial charge in [-0.05, 0) is 63.9 Å². The van der Waals surface area contributed by atoms with Crippen LogP contribution in [-0.2, 0) is 16.0 Å². The van der Waals surface area contributed by atoms with E-state index in [-0.39, 0.29) is 5.97 Å². The molecule has 1 fully saturated rings. The number of aromatic nitrogens is 2. The quantitative estimate of drug-likeness (QED) is 0.482. The number of nitrogen functional groups attached to an aromatic ring is 1. The van der Waals surface area contributed by atoms with Crippen molar-refractivity contribution in [3.63, 3.8) is 0 Å². The molecule has 2 heterocycles. The van der Waals surface area contributed by atoms with Crippen LogP contribution in [-0.4, -0.2) is 34.4 Å². The first kappa shape index (κ1) is 23.0. The van der Waals surface area contributed by atoms with Gasteiger partial charge in [-0.25, -0.2) is 9.98 Å². The molecular formula is C26H32N4O3. The first-order chi connectivity index (χ1) is 15.8. The number of aryl methyl sites for hydroxylation is 1. The van der Waals surface area contributed by atoms with E-state index in [0.29, 0.717) is 23.3 Å². The summed E-state index contributed by atoms with van der Waals surface area (Å²) < 4.78 is 11.3. The van der Waals surface area contributed by atoms with Gasteiger partial charge in [0.2, 0.25) is 5.88 Å². The van der Waals surface area contributed by atoms with Crippen LogP contribution in [0, 0.1) is 11.3 Å². The molecule has 1 aliphatic carbocycles. The topological polar surface area (TPSA) is 99.7 Å². The summed E-state index contributed by atoms with van der Waals surface area (Å²) >= 11 is 0. The van der Waals surface area contributed by atoms with Gasteiger partial charge >= 0.3 is 5.97 Å². The van der Waals surface area contributed by atoms with Crippen molar-refractivity contribution < 1.29 is 14.3 Å². The van der Waals surface area contributed by atoms with E-state index < -0.39 is 11.0 Å². The number of anilines is 1. The maximum atomic E-state index is 12.7. The molecule has 7 heteroatoms. The van der Waals surface area contributed by atoms with Gasteiger partial charge < -0.3 is 15.2 Å². The summed E-state index contributed by atoms with van der Waals surface area (Å²) in [5.41, 5.74) is 8.30. The second-order valence-corrected chi connectivity index (χ2v) is 9.59. The molecule has 0 radical (unpaired) electrons. The molecule has 0 bridgehead atoms. The Morgan fingerprint density at radius 3 is 2.76 bits per heavy atom. The van der Waals surface area contributed by atoms with E-state index in [9.17, 15) is 4.79 Å². The van der Waals surface area contributed by atoms with Crippen LogP contribution >= 0.6 is 0 Å². The monoisotopic (exact) mass is 448 g/mol. The first-order valence-electron chi connectivity index (χ1n) is 11.5. The lowest BCUT2D eigenvalue weighted by molar-refractivity contribution is -0.153. The van der Waals surface area contributed by atoms with Crippen LogP contribution in [0.2, 0.25) is 0 Å². The number of nitrogens with zero attached hydrogens (tertiary/aromatic N) is 3. The van der Waals surface area contributed by atoms with Crippen LogP contribution in [0.25, 0.3) is 0 Å². The van der Waals surface area contributed by atoms with Crippen molar-refractivity contribution in [2.75, 3.05) is 12.8 Å². The van der Waals surface area contributed by atoms with Crippen LogP contribution < -0.4 is 10.5 Å². The lowest BCUT2D eigenvalue weighted by atomic mass is 9.79. The Bertz CT molecular complexity index is 1080. The lowest BCUT2D eigenvalue weighted by Crippen LogP contribution is -2.41. The maximum Gasteiger partial charge on any atom is 0.311 e. The Kier molecular flexibility index (Phi) is 6.23. The number of fused-ring (bicyclic) bond motifs is 1. The molecule has 174 valence electrons. The third-order valence-corrected chi connectivity index (χ3v) is 6.91. The van der Waals surface area contributed by atoms with E-state index in [2.05, 4.69) is 28.7 Å². The molecule has 0 saturated heterocycles. The number of aliphatic imine (C=N–C) groups is 1. The summed E-state index contributed by atoms with van der Waals surface area (Å²) in [5.74, 6) is 1.12. The van der Waals surface area contributed by atoms with Crippen LogP contribution in [0.1, 0.15) is 57.1 Å². The van der Waals surface area contributed by atoms with Crippen molar-refractivity contribution in [2.45, 2.75) is 58.0 Å². The summed E-state index contributed by atoms with van der Waals surface area (Å²) in [6, 6.07) is 8.28. The molecule has 1 aromatic carbocycles. The number of nitrogens with two attached hydrogens (primary N) is 1. The zero-order valence-electron chi connectivity index (χ0n) is 19.6. The molecule has 2 aromatic rings. The molecule has 7 nitrogen and oxygen atoms in total. The van der Waals surface area contributed by atoms with Gasteiger partial charge in [0.1, 0.15) is 11.9 Å². The van der Waals surface area contributed by atoms with Gasteiger partial charge in [-0.1, -0.05) is 30.3 Å². The van der Waals surface area contributed by atoms with E-state index in [1.807, 2.05) is 32.1 Å². The number of rotatable bonds is 7. The average molecular weight is 449 g/mol. The number of methoxy groups -OCH3 is 1. The predicted octanol–water partition coefficient (Wildman–Crippen LogP) is 4.82. The normalized spacial score (nSPS) is 23.2. The van der Waals surface area contributed by atoms with Crippen molar-refractivity contribution in [1.82, 2.24) is 9.97 Å². The molecule has 1 aromatic heterocycles. The highest BCUT2D eigenvalue weighted by atomic mass is 16.5. The minimum atomic E-state index is -0.658. The Morgan fingerprint density at radius 2 is 2.06 bits per heavy atom. The zero-order chi connectivity index (χ0) is 23.6. The van der Waals surface area contributed by atoms with Crippen LogP contribution in [0.15, 0.2) is 48.2 Å². The summed E-state index contributed by atoms with van der Waals surface area (Å²) in [7, 11) is 1.49. The molecule has 2 N–H and O–H groups in total. The minimum Gasteiger partial charge on any atom is -0.469 e. The predicted molar refractivity (Wildman–Crippen MR) is 129 cm³/mol. The molecule has 2 unspecified atom stereocenters. The molecule has 2 atom stereocenters. The number of allylic oxidation sites excluding steroid dienone is 1. The number of esters is 1. The standard InChI is InChI=1S/C26H32N4O3/c1-5-6-18-12-14-26(15-18,24(31)32-4)13-11-17-7-9-19(10-8-17)21-25(2,3)33-23-20(30-21)22(27)28-16-29-23/h5,7-10,16,18H,1,6,11-15H2,2-4H3,(H2,27,28,29). The number of hydrogen-bond acceptors (Lipinski definition) is 7. The number of carbonyl (C=O) groups excluding carboxylic acids is 1. The largest absolute Gasteiger partial charge is 0.469 e. The van der Waals surface area contributed by atoms with E-state index in [1.165, 1.54) is 19.0 Å². The average Bonchev–Trinajstić information content (AvgIpc) is 3.21. The number of ether oxygens (including phenoxy) is 2. The highest BCUT2D eigenvalue weighted by Crippen LogP contribution is 2.47. The summed E-state index contributed by atoms with van der Waals surface area (Å²) in [4.78, 5) is 25.6. The zero-order valence-corrected chi connectivity index (χ0v) is 19.6.